The number of carbonyl (C=O) groups excluding carboxylic acids is 2. The lowest BCUT2D eigenvalue weighted by Gasteiger charge is -2.40. The van der Waals surface area contributed by atoms with Gasteiger partial charge in [-0.15, -0.1) is 0 Å². The quantitative estimate of drug-likeness (QED) is 0.294. The van der Waals surface area contributed by atoms with E-state index in [1.165, 1.54) is 11.1 Å². The number of thiocarbonyl (C=S) groups is 1. The molecule has 1 heterocycles. The van der Waals surface area contributed by atoms with E-state index in [4.69, 9.17) is 17.0 Å². The average molecular weight is 565 g/mol. The third-order valence-corrected chi connectivity index (χ3v) is 7.39. The smallest absolute Gasteiger partial charge is 0.257 e. The van der Waals surface area contributed by atoms with E-state index in [9.17, 15) is 9.59 Å². The maximum absolute atomic E-state index is 13.6. The molecule has 0 aromatic heterocycles. The number of piperazine rings is 1. The van der Waals surface area contributed by atoms with E-state index in [-0.39, 0.29) is 23.0 Å². The van der Waals surface area contributed by atoms with Crippen molar-refractivity contribution in [2.45, 2.75) is 6.04 Å². The molecule has 1 aliphatic rings. The summed E-state index contributed by atoms with van der Waals surface area (Å²) in [5, 5.41) is 5.84. The first-order valence-electron chi connectivity index (χ1n) is 13.5. The topological polar surface area (TPSA) is 73.9 Å². The lowest BCUT2D eigenvalue weighted by molar-refractivity contribution is 0.0598. The molecule has 8 heteroatoms. The number of methoxy groups -OCH3 is 1. The molecule has 2 amide bonds. The van der Waals surface area contributed by atoms with Crippen LogP contribution in [0.2, 0.25) is 0 Å². The minimum atomic E-state index is -0.350. The first kappa shape index (κ1) is 28.0. The normalized spacial score (nSPS) is 13.5. The van der Waals surface area contributed by atoms with Crippen LogP contribution in [0.5, 0.6) is 5.75 Å². The Balaban J connectivity index is 1.24. The fraction of sp³-hybridized carbons (Fsp3) is 0.182. The minimum Gasteiger partial charge on any atom is -0.497 e. The Morgan fingerprint density at radius 3 is 1.90 bits per heavy atom. The summed E-state index contributed by atoms with van der Waals surface area (Å²) in [5.41, 5.74) is 3.97. The molecule has 208 valence electrons. The molecular weight excluding hydrogens is 532 g/mol. The van der Waals surface area contributed by atoms with Crippen LogP contribution in [-0.4, -0.2) is 60.0 Å². The molecule has 0 saturated carbocycles. The standard InChI is InChI=1S/C33H32N4O3S/c1-40-27-18-16-26(17-19-27)31(38)35-33(41)34-29-15-9-8-14-28(29)32(39)37-22-20-36(21-23-37)30(24-10-4-2-5-11-24)25-12-6-3-7-13-25/h2-19,30H,20-23H2,1H3,(H2,34,35,38,41). The Bertz CT molecular complexity index is 1450. The maximum Gasteiger partial charge on any atom is 0.257 e. The summed E-state index contributed by atoms with van der Waals surface area (Å²) in [7, 11) is 1.57. The fourth-order valence-electron chi connectivity index (χ4n) is 5.09. The number of rotatable bonds is 7. The van der Waals surface area contributed by atoms with E-state index in [1.807, 2.05) is 29.2 Å². The van der Waals surface area contributed by atoms with Crippen LogP contribution in [0.4, 0.5) is 5.69 Å². The van der Waals surface area contributed by atoms with Crippen molar-refractivity contribution in [3.63, 3.8) is 0 Å². The van der Waals surface area contributed by atoms with Crippen molar-refractivity contribution in [3.8, 4) is 5.75 Å². The van der Waals surface area contributed by atoms with Gasteiger partial charge < -0.3 is 15.0 Å². The van der Waals surface area contributed by atoms with Crippen LogP contribution in [0.1, 0.15) is 37.9 Å². The molecular formula is C33H32N4O3S. The van der Waals surface area contributed by atoms with Gasteiger partial charge in [-0.3, -0.25) is 19.8 Å². The van der Waals surface area contributed by atoms with Crippen molar-refractivity contribution in [1.82, 2.24) is 15.1 Å². The molecule has 1 aliphatic heterocycles. The van der Waals surface area contributed by atoms with Crippen LogP contribution in [0, 0.1) is 0 Å². The third kappa shape index (κ3) is 6.80. The number of para-hydroxylation sites is 1. The summed E-state index contributed by atoms with van der Waals surface area (Å²) >= 11 is 5.40. The van der Waals surface area contributed by atoms with Gasteiger partial charge in [-0.1, -0.05) is 72.8 Å². The Morgan fingerprint density at radius 1 is 0.756 bits per heavy atom. The van der Waals surface area contributed by atoms with Crippen molar-refractivity contribution in [2.24, 2.45) is 0 Å². The van der Waals surface area contributed by atoms with Gasteiger partial charge in [0.2, 0.25) is 0 Å². The zero-order valence-electron chi connectivity index (χ0n) is 22.8. The van der Waals surface area contributed by atoms with Gasteiger partial charge in [0.15, 0.2) is 5.11 Å². The predicted octanol–water partition coefficient (Wildman–Crippen LogP) is 5.37. The molecule has 5 rings (SSSR count). The van der Waals surface area contributed by atoms with Crippen LogP contribution in [0.15, 0.2) is 109 Å². The van der Waals surface area contributed by atoms with Crippen molar-refractivity contribution in [1.29, 1.82) is 0 Å². The van der Waals surface area contributed by atoms with E-state index in [1.54, 1.807) is 43.5 Å². The van der Waals surface area contributed by atoms with E-state index in [0.717, 1.165) is 13.1 Å². The van der Waals surface area contributed by atoms with E-state index >= 15 is 0 Å². The SMILES string of the molecule is COc1ccc(C(=O)NC(=S)Nc2ccccc2C(=O)N2CCN(C(c3ccccc3)c3ccccc3)CC2)cc1. The molecule has 7 nitrogen and oxygen atoms in total. The van der Waals surface area contributed by atoms with Gasteiger partial charge in [0.25, 0.3) is 11.8 Å². The molecule has 1 fully saturated rings. The van der Waals surface area contributed by atoms with Crippen molar-refractivity contribution >= 4 is 34.8 Å². The summed E-state index contributed by atoms with van der Waals surface area (Å²) < 4.78 is 5.14. The minimum absolute atomic E-state index is 0.0759. The fourth-order valence-corrected chi connectivity index (χ4v) is 5.29. The monoisotopic (exact) mass is 564 g/mol. The van der Waals surface area contributed by atoms with Crippen LogP contribution in [-0.2, 0) is 0 Å². The molecule has 0 atom stereocenters. The second kappa shape index (κ2) is 13.2. The molecule has 1 saturated heterocycles. The van der Waals surface area contributed by atoms with Gasteiger partial charge in [-0.05, 0) is 59.7 Å². The number of amides is 2. The zero-order valence-corrected chi connectivity index (χ0v) is 23.6. The first-order valence-corrected chi connectivity index (χ1v) is 13.9. The molecule has 0 radical (unpaired) electrons. The summed E-state index contributed by atoms with van der Waals surface area (Å²) in [6, 6.07) is 35.1. The number of carbonyl (C=O) groups is 2. The van der Waals surface area contributed by atoms with Crippen LogP contribution < -0.4 is 15.4 Å². The van der Waals surface area contributed by atoms with Crippen molar-refractivity contribution < 1.29 is 14.3 Å². The number of hydrogen-bond donors (Lipinski definition) is 2. The molecule has 4 aromatic carbocycles. The summed E-state index contributed by atoms with van der Waals surface area (Å²) in [6.45, 7) is 2.68. The van der Waals surface area contributed by atoms with Crippen LogP contribution >= 0.6 is 12.2 Å². The predicted molar refractivity (Wildman–Crippen MR) is 165 cm³/mol. The maximum atomic E-state index is 13.6. The highest BCUT2D eigenvalue weighted by Gasteiger charge is 2.29. The summed E-state index contributed by atoms with van der Waals surface area (Å²) in [5.74, 6) is 0.232. The molecule has 0 bridgehead atoms. The zero-order chi connectivity index (χ0) is 28.6. The summed E-state index contributed by atoms with van der Waals surface area (Å²) in [6.07, 6.45) is 0. The molecule has 4 aromatic rings. The molecule has 41 heavy (non-hydrogen) atoms. The Morgan fingerprint density at radius 2 is 1.32 bits per heavy atom. The summed E-state index contributed by atoms with van der Waals surface area (Å²) in [4.78, 5) is 30.6. The number of nitrogens with one attached hydrogen (secondary N) is 2. The van der Waals surface area contributed by atoms with Gasteiger partial charge in [0.05, 0.1) is 24.4 Å². The van der Waals surface area contributed by atoms with Crippen LogP contribution in [0.25, 0.3) is 0 Å². The average Bonchev–Trinajstić information content (AvgIpc) is 3.02. The van der Waals surface area contributed by atoms with Crippen molar-refractivity contribution in [2.75, 3.05) is 38.6 Å². The number of ether oxygens (including phenoxy) is 1. The highest BCUT2D eigenvalue weighted by molar-refractivity contribution is 7.80. The Hall–Kier alpha value is -4.53. The number of anilines is 1. The van der Waals surface area contributed by atoms with Gasteiger partial charge in [0.1, 0.15) is 5.75 Å². The van der Waals surface area contributed by atoms with E-state index in [2.05, 4.69) is 64.1 Å². The largest absolute Gasteiger partial charge is 0.497 e. The molecule has 0 spiro atoms. The van der Waals surface area contributed by atoms with Gasteiger partial charge in [-0.25, -0.2) is 0 Å². The molecule has 0 unspecified atom stereocenters. The lowest BCUT2D eigenvalue weighted by atomic mass is 9.96. The first-order chi connectivity index (χ1) is 20.0. The second-order valence-electron chi connectivity index (χ2n) is 9.73. The number of benzene rings is 4. The molecule has 0 aliphatic carbocycles. The molecule has 2 N–H and O–H groups in total. The van der Waals surface area contributed by atoms with E-state index < -0.39 is 0 Å². The lowest BCUT2D eigenvalue weighted by Crippen LogP contribution is -2.50. The highest BCUT2D eigenvalue weighted by atomic mass is 32.1. The van der Waals surface area contributed by atoms with Crippen molar-refractivity contribution in [3.05, 3.63) is 131 Å². The Kier molecular flexibility index (Phi) is 9.03. The van der Waals surface area contributed by atoms with E-state index in [0.29, 0.717) is 35.7 Å². The van der Waals surface area contributed by atoms with Gasteiger partial charge in [0, 0.05) is 31.7 Å². The van der Waals surface area contributed by atoms with Gasteiger partial charge >= 0.3 is 0 Å². The highest BCUT2D eigenvalue weighted by Crippen LogP contribution is 2.30. The van der Waals surface area contributed by atoms with Gasteiger partial charge in [-0.2, -0.15) is 0 Å². The Labute approximate surface area is 245 Å². The number of hydrogen-bond acceptors (Lipinski definition) is 5. The third-order valence-electron chi connectivity index (χ3n) is 7.18. The van der Waals surface area contributed by atoms with Crippen LogP contribution in [0.3, 0.4) is 0 Å². The second-order valence-corrected chi connectivity index (χ2v) is 10.1. The number of nitrogens with zero attached hydrogens (tertiary/aromatic N) is 2.